The first kappa shape index (κ1) is 19.5. The van der Waals surface area contributed by atoms with E-state index in [0.717, 1.165) is 0 Å². The van der Waals surface area contributed by atoms with E-state index in [1.807, 2.05) is 0 Å². The second kappa shape index (κ2) is 7.43. The van der Waals surface area contributed by atoms with Crippen LogP contribution in [0.2, 0.25) is 0 Å². The maximum absolute atomic E-state index is 11.5. The lowest BCUT2D eigenvalue weighted by Crippen LogP contribution is -2.68. The van der Waals surface area contributed by atoms with E-state index < -0.39 is 10.2 Å². The molecule has 9 nitrogen and oxygen atoms in total. The van der Waals surface area contributed by atoms with E-state index in [-0.39, 0.29) is 22.6 Å². The highest BCUT2D eigenvalue weighted by molar-refractivity contribution is 6.16. The van der Waals surface area contributed by atoms with Crippen molar-refractivity contribution in [1.82, 2.24) is 0 Å². The van der Waals surface area contributed by atoms with Crippen LogP contribution in [-0.4, -0.2) is 15.7 Å². The maximum Gasteiger partial charge on any atom is 0.343 e. The van der Waals surface area contributed by atoms with Gasteiger partial charge in [-0.2, -0.15) is 0 Å². The van der Waals surface area contributed by atoms with Crippen LogP contribution in [0.15, 0.2) is 51.3 Å². The summed E-state index contributed by atoms with van der Waals surface area (Å²) < 4.78 is 45.1. The third kappa shape index (κ3) is 4.74. The molecular weight excluding hydrogens is 396 g/mol. The van der Waals surface area contributed by atoms with Gasteiger partial charge in [0, 0.05) is 23.1 Å². The largest absolute Gasteiger partial charge is 0.480 e. The number of aromatic hydroxyl groups is 1. The Morgan fingerprint density at radius 3 is 2.36 bits per heavy atom. The number of carbonyl (C=O) groups is 1. The number of hydrogen-bond acceptors (Lipinski definition) is 8. The fourth-order valence-corrected chi connectivity index (χ4v) is 2.49. The zero-order chi connectivity index (χ0) is 20.5. The Kier molecular flexibility index (Phi) is 5.18. The summed E-state index contributed by atoms with van der Waals surface area (Å²) in [4.78, 5) is 21.0. The molecule has 0 spiro atoms. The molecule has 1 aromatic carbocycles. The lowest BCUT2D eigenvalue weighted by molar-refractivity contribution is -2.00. The third-order valence-corrected chi connectivity index (χ3v) is 3.62. The molecule has 2 heterocycles. The molecule has 4 rings (SSSR count). The molecule has 1 aliphatic rings. The van der Waals surface area contributed by atoms with Crippen molar-refractivity contribution in [3.63, 3.8) is 0 Å². The Labute approximate surface area is 157 Å². The van der Waals surface area contributed by atoms with Crippen LogP contribution in [0.4, 0.5) is 0 Å². The van der Waals surface area contributed by atoms with E-state index in [1.165, 1.54) is 24.3 Å². The topological polar surface area (TPSA) is 177 Å². The molecule has 144 valence electrons. The Morgan fingerprint density at radius 2 is 1.64 bits per heavy atom. The Bertz CT molecular complexity index is 1250. The molecule has 0 saturated carbocycles. The van der Waals surface area contributed by atoms with Crippen LogP contribution in [0.3, 0.4) is 0 Å². The summed E-state index contributed by atoms with van der Waals surface area (Å²) in [5, 5.41) is 11.3. The van der Waals surface area contributed by atoms with Gasteiger partial charge in [-0.25, -0.2) is 18.6 Å². The van der Waals surface area contributed by atoms with Gasteiger partial charge >= 0.3 is 5.43 Å². The molecule has 10 heteroatoms. The van der Waals surface area contributed by atoms with Crippen molar-refractivity contribution in [3.8, 4) is 5.95 Å². The SMILES string of the molecule is O=C1C=Cc2ccc3oc4cc(=[OH+])ccc4cc3c(O)oc2=C1.[O-][Cl+3]([O-])([O-])[O-]. The molecule has 1 aliphatic carbocycles. The van der Waals surface area contributed by atoms with Gasteiger partial charge in [0.25, 0.3) is 5.95 Å². The van der Waals surface area contributed by atoms with Crippen molar-refractivity contribution in [2.75, 3.05) is 0 Å². The monoisotopic (exact) mass is 406 g/mol. The summed E-state index contributed by atoms with van der Waals surface area (Å²) in [5.41, 5.74) is 1.89. The first-order valence-corrected chi connectivity index (χ1v) is 8.78. The van der Waals surface area contributed by atoms with Gasteiger partial charge in [0.15, 0.2) is 5.78 Å². The van der Waals surface area contributed by atoms with Crippen LogP contribution >= 0.6 is 0 Å². The first-order valence-electron chi connectivity index (χ1n) is 7.55. The molecule has 0 saturated heterocycles. The molecule has 28 heavy (non-hydrogen) atoms. The average molecular weight is 407 g/mol. The minimum atomic E-state index is -4.94. The number of rotatable bonds is 0. The number of ketones is 1. The van der Waals surface area contributed by atoms with E-state index in [9.17, 15) is 14.7 Å². The fraction of sp³-hybridized carbons (Fsp3) is 0. The van der Waals surface area contributed by atoms with Crippen LogP contribution in [0.25, 0.3) is 34.1 Å². The van der Waals surface area contributed by atoms with Crippen molar-refractivity contribution in [2.45, 2.75) is 0 Å². The number of allylic oxidation sites excluding steroid dienone is 1. The predicted molar refractivity (Wildman–Crippen MR) is 84.1 cm³/mol. The summed E-state index contributed by atoms with van der Waals surface area (Å²) in [7, 11) is -4.94. The molecule has 0 unspecified atom stereocenters. The second-order valence-corrected chi connectivity index (χ2v) is 6.32. The van der Waals surface area contributed by atoms with Gasteiger partial charge in [-0.15, -0.1) is 10.2 Å². The van der Waals surface area contributed by atoms with Crippen LogP contribution in [0.5, 0.6) is 5.95 Å². The average Bonchev–Trinajstić information content (AvgIpc) is 2.57. The van der Waals surface area contributed by atoms with Crippen molar-refractivity contribution in [1.29, 1.82) is 0 Å². The van der Waals surface area contributed by atoms with Crippen LogP contribution in [0.1, 0.15) is 5.56 Å². The Balaban J connectivity index is 0.000000403. The van der Waals surface area contributed by atoms with E-state index >= 15 is 0 Å². The smallest absolute Gasteiger partial charge is 0.343 e. The van der Waals surface area contributed by atoms with Crippen molar-refractivity contribution >= 4 is 39.9 Å². The standard InChI is InChI=1S/C18H10O5.ClHO4/c19-12-4-1-10-3-6-15-14(18(21)23-16(10)8-12)7-11-2-5-13(20)9-17(11)22-15;2-1(3,4)5/h1-9,21H;(H,2,3,4,5). The van der Waals surface area contributed by atoms with Crippen molar-refractivity contribution in [3.05, 3.63) is 58.9 Å². The lowest BCUT2D eigenvalue weighted by atomic mass is 10.1. The minimum absolute atomic E-state index is 0.0915. The quantitative estimate of drug-likeness (QED) is 0.393. The van der Waals surface area contributed by atoms with Gasteiger partial charge in [0.2, 0.25) is 0 Å². The third-order valence-electron chi connectivity index (χ3n) is 3.62. The van der Waals surface area contributed by atoms with Gasteiger partial charge in [-0.1, -0.05) is 0 Å². The molecule has 0 bridgehead atoms. The number of hydrogen-bond donors (Lipinski definition) is 1. The zero-order valence-corrected chi connectivity index (χ0v) is 14.6. The minimum Gasteiger partial charge on any atom is -0.480 e. The molecule has 0 amide bonds. The molecule has 2 aromatic heterocycles. The van der Waals surface area contributed by atoms with Gasteiger partial charge < -0.3 is 13.9 Å². The number of carbonyl (C=O) groups excluding carboxylic acids is 1. The second-order valence-electron chi connectivity index (χ2n) is 5.56. The summed E-state index contributed by atoms with van der Waals surface area (Å²) in [6.45, 7) is 0. The number of fused-ring (bicyclic) bond motifs is 3. The van der Waals surface area contributed by atoms with Gasteiger partial charge in [-0.05, 0) is 36.4 Å². The predicted octanol–water partition coefficient (Wildman–Crippen LogP) is -2.65. The molecular formula is C18H11ClO9. The molecule has 3 aromatic rings. The van der Waals surface area contributed by atoms with Gasteiger partial charge in [-0.3, -0.25) is 9.59 Å². The highest BCUT2D eigenvalue weighted by Gasteiger charge is 2.09. The highest BCUT2D eigenvalue weighted by Crippen LogP contribution is 2.26. The molecule has 0 aliphatic heterocycles. The van der Waals surface area contributed by atoms with E-state index in [1.54, 1.807) is 30.3 Å². The first-order chi connectivity index (χ1) is 13.1. The lowest BCUT2D eigenvalue weighted by Gasteiger charge is -2.17. The van der Waals surface area contributed by atoms with Crippen molar-refractivity contribution in [2.24, 2.45) is 0 Å². The van der Waals surface area contributed by atoms with Gasteiger partial charge in [0.1, 0.15) is 16.6 Å². The Hall–Kier alpha value is -3.21. The van der Waals surface area contributed by atoms with Crippen LogP contribution < -0.4 is 29.5 Å². The summed E-state index contributed by atoms with van der Waals surface area (Å²) in [6.07, 6.45) is 4.35. The number of benzene rings is 1. The van der Waals surface area contributed by atoms with E-state index in [4.69, 9.17) is 27.5 Å². The molecule has 0 fully saturated rings. The molecule has 0 radical (unpaired) electrons. The zero-order valence-electron chi connectivity index (χ0n) is 13.8. The summed E-state index contributed by atoms with van der Waals surface area (Å²) >= 11 is 0. The Morgan fingerprint density at radius 1 is 0.929 bits per heavy atom. The van der Waals surface area contributed by atoms with E-state index in [2.05, 4.69) is 0 Å². The number of halogens is 1. The summed E-state index contributed by atoms with van der Waals surface area (Å²) in [5.74, 6) is -0.556. The molecule has 2 N–H and O–H groups in total. The van der Waals surface area contributed by atoms with Gasteiger partial charge in [0.05, 0.1) is 11.5 Å². The normalized spacial score (nSPS) is 12.8. The summed E-state index contributed by atoms with van der Waals surface area (Å²) in [6, 6.07) is 9.81. The van der Waals surface area contributed by atoms with E-state index in [0.29, 0.717) is 27.5 Å². The van der Waals surface area contributed by atoms with Crippen LogP contribution in [0, 0.1) is 10.2 Å². The maximum atomic E-state index is 11.5. The fourth-order valence-electron chi connectivity index (χ4n) is 2.49. The van der Waals surface area contributed by atoms with Crippen molar-refractivity contribution < 1.29 is 52.4 Å². The highest BCUT2D eigenvalue weighted by atomic mass is 35.7. The van der Waals surface area contributed by atoms with Crippen LogP contribution in [-0.2, 0) is 4.79 Å². The molecule has 0 atom stereocenters.